The average Bonchev–Trinajstić information content (AvgIpc) is 3.22. The number of alkyl halides is 6. The molecule has 2 aromatic carbocycles. The number of nitrogens with zero attached hydrogens (tertiary/aromatic N) is 2. The fraction of sp³-hybridized carbons (Fsp3) is 0.375. The van der Waals surface area contributed by atoms with Crippen molar-refractivity contribution in [2.75, 3.05) is 38.3 Å². The lowest BCUT2D eigenvalue weighted by Gasteiger charge is -2.25. The maximum atomic E-state index is 13.4. The smallest absolute Gasteiger partial charge is 0.416 e. The van der Waals surface area contributed by atoms with Gasteiger partial charge < -0.3 is 24.2 Å². The highest BCUT2D eigenvalue weighted by molar-refractivity contribution is 7.15. The number of anilines is 1. The van der Waals surface area contributed by atoms with Gasteiger partial charge in [-0.15, -0.1) is 0 Å². The first-order valence-corrected chi connectivity index (χ1v) is 11.9. The summed E-state index contributed by atoms with van der Waals surface area (Å²) in [6.07, 6.45) is -9.58. The van der Waals surface area contributed by atoms with E-state index in [1.165, 1.54) is 24.5 Å². The zero-order valence-corrected chi connectivity index (χ0v) is 20.3. The summed E-state index contributed by atoms with van der Waals surface area (Å²) in [6, 6.07) is 6.17. The Bertz CT molecular complexity index is 1240. The molecule has 0 saturated carbocycles. The molecule has 1 N–H and O–H groups in total. The molecule has 4 rings (SSSR count). The topological polar surface area (TPSA) is 64.1 Å². The minimum atomic E-state index is -5.00. The summed E-state index contributed by atoms with van der Waals surface area (Å²) in [5.74, 6) is 0.241. The monoisotopic (exact) mass is 548 g/mol. The molecule has 13 heteroatoms. The van der Waals surface area contributed by atoms with E-state index in [1.54, 1.807) is 12.1 Å². The molecular formula is C24H22F6N2O4S. The van der Waals surface area contributed by atoms with Crippen LogP contribution in [0.2, 0.25) is 0 Å². The molecule has 0 radical (unpaired) electrons. The van der Waals surface area contributed by atoms with Gasteiger partial charge in [-0.1, -0.05) is 23.5 Å². The predicted molar refractivity (Wildman–Crippen MR) is 123 cm³/mol. The van der Waals surface area contributed by atoms with Gasteiger partial charge in [0.2, 0.25) is 5.88 Å². The standard InChI is InChI=1S/C24H22F6N2O4S/c1-34-19-10-14(11-20-21(33)31-22(37-20)32-6-8-35-9-7-32)2-5-18(19)36-13-15-3-4-16(23(25,26)27)12-17(15)24(28,29)30/h2-5,10,12,33H,6-9,11,13H2,1H3. The summed E-state index contributed by atoms with van der Waals surface area (Å²) in [4.78, 5) is 6.87. The van der Waals surface area contributed by atoms with Gasteiger partial charge in [-0.05, 0) is 29.8 Å². The molecule has 1 aliphatic heterocycles. The molecule has 37 heavy (non-hydrogen) atoms. The van der Waals surface area contributed by atoms with Crippen molar-refractivity contribution in [1.29, 1.82) is 0 Å². The van der Waals surface area contributed by atoms with Crippen molar-refractivity contribution in [2.24, 2.45) is 0 Å². The van der Waals surface area contributed by atoms with E-state index in [0.29, 0.717) is 48.8 Å². The number of hydrogen-bond acceptors (Lipinski definition) is 7. The number of hydrogen-bond donors (Lipinski definition) is 1. The number of thiazole rings is 1. The fourth-order valence-electron chi connectivity index (χ4n) is 3.76. The van der Waals surface area contributed by atoms with Crippen molar-refractivity contribution < 1.29 is 45.7 Å². The van der Waals surface area contributed by atoms with E-state index >= 15 is 0 Å². The van der Waals surface area contributed by atoms with Gasteiger partial charge in [-0.25, -0.2) is 0 Å². The Kier molecular flexibility index (Phi) is 7.74. The fourth-order valence-corrected chi connectivity index (χ4v) is 4.80. The van der Waals surface area contributed by atoms with Crippen molar-refractivity contribution >= 4 is 16.5 Å². The number of halogens is 6. The van der Waals surface area contributed by atoms with Gasteiger partial charge >= 0.3 is 12.4 Å². The van der Waals surface area contributed by atoms with Crippen molar-refractivity contribution in [2.45, 2.75) is 25.4 Å². The molecule has 1 fully saturated rings. The van der Waals surface area contributed by atoms with Crippen LogP contribution in [0.25, 0.3) is 0 Å². The molecule has 0 atom stereocenters. The number of morpholine rings is 1. The SMILES string of the molecule is COc1cc(Cc2sc(N3CCOCC3)nc2O)ccc1OCc1ccc(C(F)(F)F)cc1C(F)(F)F. The number of aromatic hydroxyl groups is 1. The van der Waals surface area contributed by atoms with Gasteiger partial charge in [0.05, 0.1) is 36.3 Å². The van der Waals surface area contributed by atoms with E-state index in [1.807, 2.05) is 4.90 Å². The predicted octanol–water partition coefficient (Wildman–Crippen LogP) is 5.90. The zero-order chi connectivity index (χ0) is 26.8. The van der Waals surface area contributed by atoms with Crippen LogP contribution in [0.5, 0.6) is 17.4 Å². The highest BCUT2D eigenvalue weighted by Gasteiger charge is 2.38. The quantitative estimate of drug-likeness (QED) is 0.371. The number of benzene rings is 2. The summed E-state index contributed by atoms with van der Waals surface area (Å²) in [7, 11) is 1.35. The maximum absolute atomic E-state index is 13.4. The Balaban J connectivity index is 1.50. The van der Waals surface area contributed by atoms with Crippen LogP contribution in [0, 0.1) is 0 Å². The Morgan fingerprint density at radius 1 is 1.00 bits per heavy atom. The van der Waals surface area contributed by atoms with Crippen molar-refractivity contribution in [3.63, 3.8) is 0 Å². The molecule has 2 heterocycles. The van der Waals surface area contributed by atoms with Crippen LogP contribution < -0.4 is 14.4 Å². The maximum Gasteiger partial charge on any atom is 0.416 e. The highest BCUT2D eigenvalue weighted by atomic mass is 32.1. The minimum absolute atomic E-state index is 0.0751. The van der Waals surface area contributed by atoms with E-state index < -0.39 is 35.6 Å². The van der Waals surface area contributed by atoms with Gasteiger partial charge in [0.15, 0.2) is 16.6 Å². The Labute approximate surface area is 212 Å². The lowest BCUT2D eigenvalue weighted by atomic mass is 10.0. The third kappa shape index (κ3) is 6.39. The Hall–Kier alpha value is -3.19. The van der Waals surface area contributed by atoms with E-state index in [4.69, 9.17) is 14.2 Å². The molecule has 1 aromatic heterocycles. The molecule has 0 amide bonds. The Morgan fingerprint density at radius 2 is 1.73 bits per heavy atom. The Morgan fingerprint density at radius 3 is 2.38 bits per heavy atom. The molecule has 1 aliphatic rings. The second-order valence-electron chi connectivity index (χ2n) is 8.16. The molecule has 3 aromatic rings. The zero-order valence-electron chi connectivity index (χ0n) is 19.4. The van der Waals surface area contributed by atoms with Gasteiger partial charge in [0.25, 0.3) is 0 Å². The van der Waals surface area contributed by atoms with E-state index in [9.17, 15) is 31.4 Å². The van der Waals surface area contributed by atoms with Gasteiger partial charge in [0.1, 0.15) is 6.61 Å². The average molecular weight is 549 g/mol. The summed E-state index contributed by atoms with van der Waals surface area (Å²) >= 11 is 1.34. The first-order valence-electron chi connectivity index (χ1n) is 11.0. The van der Waals surface area contributed by atoms with E-state index in [0.717, 1.165) is 11.6 Å². The van der Waals surface area contributed by atoms with Crippen molar-refractivity contribution in [3.8, 4) is 17.4 Å². The van der Waals surface area contributed by atoms with Crippen LogP contribution >= 0.6 is 11.3 Å². The van der Waals surface area contributed by atoms with Crippen LogP contribution in [-0.4, -0.2) is 43.5 Å². The summed E-state index contributed by atoms with van der Waals surface area (Å²) in [6.45, 7) is 1.86. The highest BCUT2D eigenvalue weighted by Crippen LogP contribution is 2.39. The van der Waals surface area contributed by atoms with Crippen LogP contribution in [0.3, 0.4) is 0 Å². The van der Waals surface area contributed by atoms with Crippen LogP contribution in [-0.2, 0) is 30.1 Å². The second kappa shape index (κ2) is 10.7. The van der Waals surface area contributed by atoms with Crippen molar-refractivity contribution in [3.05, 3.63) is 63.5 Å². The van der Waals surface area contributed by atoms with E-state index in [2.05, 4.69) is 4.98 Å². The summed E-state index contributed by atoms with van der Waals surface area (Å²) in [5.41, 5.74) is -2.54. The second-order valence-corrected chi connectivity index (χ2v) is 9.22. The molecule has 0 bridgehead atoms. The lowest BCUT2D eigenvalue weighted by Crippen LogP contribution is -2.36. The number of ether oxygens (including phenoxy) is 3. The number of aromatic nitrogens is 1. The first kappa shape index (κ1) is 26.9. The summed E-state index contributed by atoms with van der Waals surface area (Å²) in [5, 5.41) is 11.0. The molecule has 0 aliphatic carbocycles. The largest absolute Gasteiger partial charge is 0.493 e. The minimum Gasteiger partial charge on any atom is -0.493 e. The van der Waals surface area contributed by atoms with Crippen LogP contribution in [0.4, 0.5) is 31.5 Å². The molecule has 200 valence electrons. The molecule has 6 nitrogen and oxygen atoms in total. The van der Waals surface area contributed by atoms with Crippen molar-refractivity contribution in [1.82, 2.24) is 4.98 Å². The molecule has 0 unspecified atom stereocenters. The third-order valence-corrected chi connectivity index (χ3v) is 6.77. The number of rotatable bonds is 7. The number of methoxy groups -OCH3 is 1. The summed E-state index contributed by atoms with van der Waals surface area (Å²) < 4.78 is 95.1. The normalized spacial score (nSPS) is 14.6. The molecular weight excluding hydrogens is 526 g/mol. The first-order chi connectivity index (χ1) is 17.5. The van der Waals surface area contributed by atoms with E-state index in [-0.39, 0.29) is 23.4 Å². The van der Waals surface area contributed by atoms with Crippen LogP contribution in [0.15, 0.2) is 36.4 Å². The van der Waals surface area contributed by atoms with Gasteiger partial charge in [-0.3, -0.25) is 0 Å². The van der Waals surface area contributed by atoms with Gasteiger partial charge in [0, 0.05) is 25.1 Å². The lowest BCUT2D eigenvalue weighted by molar-refractivity contribution is -0.143. The molecule has 0 spiro atoms. The van der Waals surface area contributed by atoms with Crippen LogP contribution in [0.1, 0.15) is 27.1 Å². The third-order valence-electron chi connectivity index (χ3n) is 5.67. The molecule has 1 saturated heterocycles. The van der Waals surface area contributed by atoms with Gasteiger partial charge in [-0.2, -0.15) is 31.3 Å².